The fraction of sp³-hybridized carbons (Fsp3) is 0.923. The van der Waals surface area contributed by atoms with Gasteiger partial charge >= 0.3 is 0 Å². The molecule has 2 saturated heterocycles. The zero-order valence-corrected chi connectivity index (χ0v) is 10.7. The molecule has 0 radical (unpaired) electrons. The third-order valence-electron chi connectivity index (χ3n) is 4.41. The monoisotopic (exact) mass is 238 g/mol. The highest BCUT2D eigenvalue weighted by atomic mass is 16.5. The Labute approximate surface area is 102 Å². The van der Waals surface area contributed by atoms with E-state index in [0.29, 0.717) is 11.5 Å². The first-order valence-corrected chi connectivity index (χ1v) is 6.66. The van der Waals surface area contributed by atoms with Crippen molar-refractivity contribution in [3.8, 4) is 0 Å². The third-order valence-corrected chi connectivity index (χ3v) is 4.41. The van der Waals surface area contributed by atoms with Gasteiger partial charge in [0.05, 0.1) is 18.2 Å². The van der Waals surface area contributed by atoms with Crippen molar-refractivity contribution in [2.75, 3.05) is 13.2 Å². The lowest BCUT2D eigenvalue weighted by atomic mass is 9.63. The van der Waals surface area contributed by atoms with Gasteiger partial charge in [-0.05, 0) is 44.9 Å². The van der Waals surface area contributed by atoms with Crippen molar-refractivity contribution in [3.05, 3.63) is 0 Å². The number of amides is 1. The summed E-state index contributed by atoms with van der Waals surface area (Å²) in [6.45, 7) is 6.07. The number of hydrogen-bond donors (Lipinski definition) is 2. The van der Waals surface area contributed by atoms with Crippen LogP contribution < -0.4 is 10.6 Å². The Balaban J connectivity index is 1.50. The molecule has 3 rings (SSSR count). The average Bonchev–Trinajstić information content (AvgIpc) is 2.71. The smallest absolute Gasteiger partial charge is 0.237 e. The molecule has 2 N–H and O–H groups in total. The number of carbonyl (C=O) groups is 1. The van der Waals surface area contributed by atoms with Crippen LogP contribution in [0.3, 0.4) is 0 Å². The van der Waals surface area contributed by atoms with Crippen LogP contribution >= 0.6 is 0 Å². The second-order valence-electron chi connectivity index (χ2n) is 6.63. The normalized spacial score (nSPS) is 43.8. The maximum Gasteiger partial charge on any atom is 0.237 e. The molecule has 17 heavy (non-hydrogen) atoms. The van der Waals surface area contributed by atoms with Crippen LogP contribution in [-0.4, -0.2) is 36.7 Å². The second-order valence-corrected chi connectivity index (χ2v) is 6.63. The zero-order valence-electron chi connectivity index (χ0n) is 10.7. The summed E-state index contributed by atoms with van der Waals surface area (Å²) in [6.07, 6.45) is 4.43. The minimum absolute atomic E-state index is 0.0488. The number of nitrogens with one attached hydrogen (secondary N) is 2. The van der Waals surface area contributed by atoms with E-state index < -0.39 is 0 Å². The molecule has 4 heteroatoms. The molecule has 1 amide bonds. The quantitative estimate of drug-likeness (QED) is 0.748. The summed E-state index contributed by atoms with van der Waals surface area (Å²) in [6, 6.07) is 0.564. The Morgan fingerprint density at radius 2 is 2.18 bits per heavy atom. The van der Waals surface area contributed by atoms with E-state index in [1.807, 2.05) is 0 Å². The fourth-order valence-corrected chi connectivity index (χ4v) is 3.76. The van der Waals surface area contributed by atoms with Gasteiger partial charge in [-0.2, -0.15) is 0 Å². The SMILES string of the molecule is CC1(C)CC2(CO1)CC(N[C@H]1CCNC1=O)C2. The van der Waals surface area contributed by atoms with Crippen molar-refractivity contribution < 1.29 is 9.53 Å². The third kappa shape index (κ3) is 2.08. The lowest BCUT2D eigenvalue weighted by molar-refractivity contribution is -0.121. The molecule has 4 nitrogen and oxygen atoms in total. The molecule has 0 aromatic carbocycles. The minimum Gasteiger partial charge on any atom is -0.375 e. The Morgan fingerprint density at radius 1 is 1.41 bits per heavy atom. The summed E-state index contributed by atoms with van der Waals surface area (Å²) in [7, 11) is 0. The molecular formula is C13H22N2O2. The standard InChI is InChI=1S/C13H22N2O2/c1-12(2)7-13(8-17-12)5-9(6-13)15-10-3-4-14-11(10)16/h9-10,15H,3-8H2,1-2H3,(H,14,16)/t9?,10-,13?/m0/s1. The van der Waals surface area contributed by atoms with Crippen molar-refractivity contribution in [1.82, 2.24) is 10.6 Å². The van der Waals surface area contributed by atoms with Crippen molar-refractivity contribution in [2.45, 2.75) is 57.2 Å². The molecule has 1 spiro atoms. The van der Waals surface area contributed by atoms with Crippen LogP contribution in [0.5, 0.6) is 0 Å². The van der Waals surface area contributed by atoms with Gasteiger partial charge in [0.2, 0.25) is 5.91 Å². The molecule has 3 fully saturated rings. The predicted molar refractivity (Wildman–Crippen MR) is 64.7 cm³/mol. The van der Waals surface area contributed by atoms with Gasteiger partial charge in [0.15, 0.2) is 0 Å². The maximum atomic E-state index is 11.5. The number of hydrogen-bond acceptors (Lipinski definition) is 3. The van der Waals surface area contributed by atoms with Gasteiger partial charge in [0.25, 0.3) is 0 Å². The molecule has 96 valence electrons. The molecule has 0 aromatic rings. The number of carbonyl (C=O) groups excluding carboxylic acids is 1. The van der Waals surface area contributed by atoms with Crippen molar-refractivity contribution in [2.24, 2.45) is 5.41 Å². The molecule has 0 aromatic heterocycles. The summed E-state index contributed by atoms with van der Waals surface area (Å²) in [4.78, 5) is 11.5. The van der Waals surface area contributed by atoms with Gasteiger partial charge in [-0.25, -0.2) is 0 Å². The van der Waals surface area contributed by atoms with E-state index in [4.69, 9.17) is 4.74 Å². The molecule has 1 atom stereocenters. The molecule has 0 bridgehead atoms. The van der Waals surface area contributed by atoms with E-state index in [1.54, 1.807) is 0 Å². The van der Waals surface area contributed by atoms with Crippen molar-refractivity contribution in [1.29, 1.82) is 0 Å². The molecule has 3 aliphatic rings. The van der Waals surface area contributed by atoms with Gasteiger partial charge in [0.1, 0.15) is 0 Å². The van der Waals surface area contributed by atoms with Crippen LogP contribution in [0.1, 0.15) is 39.5 Å². The van der Waals surface area contributed by atoms with Crippen molar-refractivity contribution >= 4 is 5.91 Å². The van der Waals surface area contributed by atoms with E-state index in [-0.39, 0.29) is 17.6 Å². The predicted octanol–water partition coefficient (Wildman–Crippen LogP) is 0.812. The van der Waals surface area contributed by atoms with Crippen LogP contribution in [-0.2, 0) is 9.53 Å². The van der Waals surface area contributed by atoms with Crippen LogP contribution in [0.25, 0.3) is 0 Å². The van der Waals surface area contributed by atoms with Crippen molar-refractivity contribution in [3.63, 3.8) is 0 Å². The Kier molecular flexibility index (Phi) is 2.49. The summed E-state index contributed by atoms with van der Waals surface area (Å²) < 4.78 is 5.83. The minimum atomic E-state index is 0.0488. The van der Waals surface area contributed by atoms with E-state index in [1.165, 1.54) is 12.8 Å². The molecule has 1 saturated carbocycles. The molecule has 2 heterocycles. The van der Waals surface area contributed by atoms with Gasteiger partial charge < -0.3 is 15.4 Å². The first-order valence-electron chi connectivity index (χ1n) is 6.66. The molecular weight excluding hydrogens is 216 g/mol. The lowest BCUT2D eigenvalue weighted by Crippen LogP contribution is -2.54. The van der Waals surface area contributed by atoms with Crippen LogP contribution in [0.2, 0.25) is 0 Å². The maximum absolute atomic E-state index is 11.5. The van der Waals surface area contributed by atoms with Gasteiger partial charge in [-0.1, -0.05) is 0 Å². The van der Waals surface area contributed by atoms with Crippen LogP contribution in [0.4, 0.5) is 0 Å². The summed E-state index contributed by atoms with van der Waals surface area (Å²) in [5.41, 5.74) is 0.450. The van der Waals surface area contributed by atoms with Gasteiger partial charge in [-0.3, -0.25) is 4.79 Å². The topological polar surface area (TPSA) is 50.4 Å². The Morgan fingerprint density at radius 3 is 2.71 bits per heavy atom. The summed E-state index contributed by atoms with van der Waals surface area (Å²) in [5.74, 6) is 0.175. The zero-order chi connectivity index (χ0) is 12.1. The Bertz CT molecular complexity index is 334. The van der Waals surface area contributed by atoms with Gasteiger partial charge in [0, 0.05) is 12.6 Å². The summed E-state index contributed by atoms with van der Waals surface area (Å²) in [5, 5.41) is 6.35. The highest BCUT2D eigenvalue weighted by Crippen LogP contribution is 2.52. The molecule has 0 unspecified atom stereocenters. The Hall–Kier alpha value is -0.610. The van der Waals surface area contributed by atoms with E-state index in [0.717, 1.165) is 26.0 Å². The lowest BCUT2D eigenvalue weighted by Gasteiger charge is -2.46. The second kappa shape index (κ2) is 3.69. The van der Waals surface area contributed by atoms with E-state index in [2.05, 4.69) is 24.5 Å². The summed E-state index contributed by atoms with van der Waals surface area (Å²) >= 11 is 0. The van der Waals surface area contributed by atoms with Gasteiger partial charge in [-0.15, -0.1) is 0 Å². The fourth-order valence-electron chi connectivity index (χ4n) is 3.76. The highest BCUT2D eigenvalue weighted by molar-refractivity contribution is 5.83. The van der Waals surface area contributed by atoms with Crippen LogP contribution in [0.15, 0.2) is 0 Å². The average molecular weight is 238 g/mol. The molecule has 1 aliphatic carbocycles. The first-order chi connectivity index (χ1) is 7.98. The number of rotatable bonds is 2. The largest absolute Gasteiger partial charge is 0.375 e. The number of ether oxygens (including phenoxy) is 1. The van der Waals surface area contributed by atoms with E-state index in [9.17, 15) is 4.79 Å². The van der Waals surface area contributed by atoms with E-state index >= 15 is 0 Å². The molecule has 2 aliphatic heterocycles. The first kappa shape index (κ1) is 11.5. The van der Waals surface area contributed by atoms with Crippen LogP contribution in [0, 0.1) is 5.41 Å². The highest BCUT2D eigenvalue weighted by Gasteiger charge is 2.52.